The number of hydrogen-bond donors (Lipinski definition) is 2. The van der Waals surface area contributed by atoms with E-state index in [2.05, 4.69) is 10.6 Å². The smallest absolute Gasteiger partial charge is 0.291 e. The van der Waals surface area contributed by atoms with Crippen LogP contribution in [0.25, 0.3) is 0 Å². The number of anilines is 2. The highest BCUT2D eigenvalue weighted by atomic mass is 32.2. The van der Waals surface area contributed by atoms with Crippen molar-refractivity contribution in [1.29, 1.82) is 0 Å². The highest BCUT2D eigenvalue weighted by Crippen LogP contribution is 2.25. The fourth-order valence-electron chi connectivity index (χ4n) is 3.90. The zero-order valence-corrected chi connectivity index (χ0v) is 18.0. The average Bonchev–Trinajstić information content (AvgIpc) is 3.46. The van der Waals surface area contributed by atoms with E-state index in [1.807, 2.05) is 24.3 Å². The molecular weight excluding hydrogens is 412 g/mol. The van der Waals surface area contributed by atoms with Gasteiger partial charge in [-0.25, -0.2) is 8.42 Å². The Morgan fingerprint density at radius 2 is 1.61 bits per heavy atom. The van der Waals surface area contributed by atoms with Crippen molar-refractivity contribution < 1.29 is 17.6 Å². The molecule has 1 aliphatic rings. The largest absolute Gasteiger partial charge is 0.459 e. The number of carbonyl (C=O) groups excluding carboxylic acids is 1. The number of sulfone groups is 1. The number of benzene rings is 2. The summed E-state index contributed by atoms with van der Waals surface area (Å²) in [6.07, 6.45) is 6.54. The minimum Gasteiger partial charge on any atom is -0.459 e. The van der Waals surface area contributed by atoms with Gasteiger partial charge in [0.1, 0.15) is 0 Å². The van der Waals surface area contributed by atoms with E-state index in [1.165, 1.54) is 50.1 Å². The lowest BCUT2D eigenvalue weighted by Gasteiger charge is -2.12. The topological polar surface area (TPSA) is 88.4 Å². The number of furan rings is 1. The maximum atomic E-state index is 12.7. The molecule has 2 N–H and O–H groups in total. The molecule has 1 heterocycles. The predicted molar refractivity (Wildman–Crippen MR) is 121 cm³/mol. The summed E-state index contributed by atoms with van der Waals surface area (Å²) in [7, 11) is -3.58. The molecule has 7 heteroatoms. The summed E-state index contributed by atoms with van der Waals surface area (Å²) in [6.45, 7) is 0.970. The van der Waals surface area contributed by atoms with E-state index in [4.69, 9.17) is 4.42 Å². The first-order valence-corrected chi connectivity index (χ1v) is 12.2. The maximum absolute atomic E-state index is 12.7. The summed E-state index contributed by atoms with van der Waals surface area (Å²) < 4.78 is 30.6. The molecule has 1 aromatic heterocycles. The summed E-state index contributed by atoms with van der Waals surface area (Å²) >= 11 is 0. The maximum Gasteiger partial charge on any atom is 0.291 e. The van der Waals surface area contributed by atoms with Crippen molar-refractivity contribution in [2.24, 2.45) is 5.92 Å². The fourth-order valence-corrected chi connectivity index (χ4v) is 5.28. The summed E-state index contributed by atoms with van der Waals surface area (Å²) in [5, 5.41) is 6.23. The summed E-state index contributed by atoms with van der Waals surface area (Å²) in [5.74, 6) is -0.0397. The second-order valence-corrected chi connectivity index (χ2v) is 9.90. The van der Waals surface area contributed by atoms with Crippen LogP contribution in [0.15, 0.2) is 76.2 Å². The highest BCUT2D eigenvalue weighted by molar-refractivity contribution is 7.90. The van der Waals surface area contributed by atoms with Gasteiger partial charge in [0.15, 0.2) is 15.6 Å². The third kappa shape index (κ3) is 5.35. The molecule has 31 heavy (non-hydrogen) atoms. The molecule has 162 valence electrons. The molecule has 0 saturated heterocycles. The Labute approximate surface area is 182 Å². The van der Waals surface area contributed by atoms with Gasteiger partial charge >= 0.3 is 0 Å². The molecule has 0 bridgehead atoms. The van der Waals surface area contributed by atoms with E-state index in [0.29, 0.717) is 11.3 Å². The van der Waals surface area contributed by atoms with Crippen LogP contribution in [-0.4, -0.2) is 20.9 Å². The average molecular weight is 439 g/mol. The lowest BCUT2D eigenvalue weighted by atomic mass is 10.1. The van der Waals surface area contributed by atoms with Gasteiger partial charge in [0.2, 0.25) is 0 Å². The van der Waals surface area contributed by atoms with E-state index in [0.717, 1.165) is 18.2 Å². The van der Waals surface area contributed by atoms with Crippen molar-refractivity contribution >= 4 is 27.1 Å². The standard InChI is InChI=1S/C24H26N2O4S/c27-24(26-21-12-10-20(11-13-21)25-16-18-6-4-5-7-18)23-19(14-15-30-23)17-31(28,29)22-8-2-1-3-9-22/h1-3,8-15,18,25H,4-7,16-17H2,(H,26,27). The van der Waals surface area contributed by atoms with Crippen LogP contribution in [0.4, 0.5) is 11.4 Å². The monoisotopic (exact) mass is 438 g/mol. The van der Waals surface area contributed by atoms with Crippen LogP contribution >= 0.6 is 0 Å². The van der Waals surface area contributed by atoms with Crippen LogP contribution in [-0.2, 0) is 15.6 Å². The van der Waals surface area contributed by atoms with E-state index in [9.17, 15) is 13.2 Å². The molecule has 0 spiro atoms. The number of amides is 1. The Kier molecular flexibility index (Phi) is 6.42. The minimum atomic E-state index is -3.58. The summed E-state index contributed by atoms with van der Waals surface area (Å²) in [5.41, 5.74) is 1.96. The van der Waals surface area contributed by atoms with E-state index >= 15 is 0 Å². The highest BCUT2D eigenvalue weighted by Gasteiger charge is 2.22. The molecule has 0 aliphatic heterocycles. The summed E-state index contributed by atoms with van der Waals surface area (Å²) in [6, 6.07) is 17.2. The molecule has 2 aromatic carbocycles. The SMILES string of the molecule is O=C(Nc1ccc(NCC2CCCC2)cc1)c1occc1CS(=O)(=O)c1ccccc1. The first kappa shape index (κ1) is 21.2. The number of hydrogen-bond acceptors (Lipinski definition) is 5. The molecule has 1 saturated carbocycles. The molecule has 3 aromatic rings. The van der Waals surface area contributed by atoms with Crippen molar-refractivity contribution in [1.82, 2.24) is 0 Å². The molecule has 1 fully saturated rings. The Balaban J connectivity index is 1.39. The Bertz CT molecular complexity index is 1120. The first-order chi connectivity index (χ1) is 15.0. The van der Waals surface area contributed by atoms with Gasteiger partial charge in [-0.15, -0.1) is 0 Å². The Hall–Kier alpha value is -3.06. The fraction of sp³-hybridized carbons (Fsp3) is 0.292. The van der Waals surface area contributed by atoms with Crippen molar-refractivity contribution in [3.05, 3.63) is 78.3 Å². The van der Waals surface area contributed by atoms with Crippen LogP contribution in [0, 0.1) is 5.92 Å². The minimum absolute atomic E-state index is 0.00272. The Morgan fingerprint density at radius 1 is 0.935 bits per heavy atom. The number of rotatable bonds is 8. The molecule has 0 radical (unpaired) electrons. The first-order valence-electron chi connectivity index (χ1n) is 10.5. The second kappa shape index (κ2) is 9.39. The Morgan fingerprint density at radius 3 is 2.32 bits per heavy atom. The molecule has 1 aliphatic carbocycles. The number of carbonyl (C=O) groups is 1. The lowest BCUT2D eigenvalue weighted by molar-refractivity contribution is 0.0996. The zero-order valence-electron chi connectivity index (χ0n) is 17.2. The van der Waals surface area contributed by atoms with Gasteiger partial charge < -0.3 is 15.1 Å². The van der Waals surface area contributed by atoms with Crippen molar-refractivity contribution in [3.63, 3.8) is 0 Å². The van der Waals surface area contributed by atoms with Gasteiger partial charge in [-0.3, -0.25) is 4.79 Å². The van der Waals surface area contributed by atoms with Crippen molar-refractivity contribution in [2.75, 3.05) is 17.2 Å². The molecule has 1 amide bonds. The van der Waals surface area contributed by atoms with Crippen molar-refractivity contribution in [2.45, 2.75) is 36.3 Å². The quantitative estimate of drug-likeness (QED) is 0.510. The molecular formula is C24H26N2O4S. The zero-order chi connectivity index (χ0) is 21.7. The third-order valence-electron chi connectivity index (χ3n) is 5.61. The van der Waals surface area contributed by atoms with Gasteiger partial charge in [0, 0.05) is 23.5 Å². The van der Waals surface area contributed by atoms with Crippen LogP contribution < -0.4 is 10.6 Å². The van der Waals surface area contributed by atoms with E-state index < -0.39 is 15.7 Å². The molecule has 4 rings (SSSR count). The molecule has 0 atom stereocenters. The van der Waals surface area contributed by atoms with Crippen molar-refractivity contribution in [3.8, 4) is 0 Å². The summed E-state index contributed by atoms with van der Waals surface area (Å²) in [4.78, 5) is 12.9. The van der Waals surface area contributed by atoms with Gasteiger partial charge in [0.05, 0.1) is 16.9 Å². The van der Waals surface area contributed by atoms with Gasteiger partial charge in [-0.05, 0) is 61.2 Å². The van der Waals surface area contributed by atoms with Crippen LogP contribution in [0.5, 0.6) is 0 Å². The normalized spacial score (nSPS) is 14.5. The molecule has 0 unspecified atom stereocenters. The van der Waals surface area contributed by atoms with Crippen LogP contribution in [0.2, 0.25) is 0 Å². The van der Waals surface area contributed by atoms with E-state index in [-0.39, 0.29) is 16.4 Å². The van der Waals surface area contributed by atoms with Gasteiger partial charge in [-0.2, -0.15) is 0 Å². The van der Waals surface area contributed by atoms with E-state index in [1.54, 1.807) is 18.2 Å². The van der Waals surface area contributed by atoms with Crippen LogP contribution in [0.1, 0.15) is 41.8 Å². The van der Waals surface area contributed by atoms with Crippen LogP contribution in [0.3, 0.4) is 0 Å². The van der Waals surface area contributed by atoms with Gasteiger partial charge in [0.25, 0.3) is 5.91 Å². The second-order valence-electron chi connectivity index (χ2n) is 7.91. The molecule has 6 nitrogen and oxygen atoms in total. The third-order valence-corrected chi connectivity index (χ3v) is 7.29. The number of nitrogens with one attached hydrogen (secondary N) is 2. The van der Waals surface area contributed by atoms with Gasteiger partial charge in [-0.1, -0.05) is 31.0 Å². The predicted octanol–water partition coefficient (Wildman–Crippen LogP) is 5.11. The lowest BCUT2D eigenvalue weighted by Crippen LogP contribution is -2.15.